The molecule has 0 atom stereocenters. The van der Waals surface area contributed by atoms with Crippen LogP contribution in [0, 0.1) is 0 Å². The summed E-state index contributed by atoms with van der Waals surface area (Å²) in [7, 11) is 12.7. The van der Waals surface area contributed by atoms with Crippen molar-refractivity contribution in [3.63, 3.8) is 0 Å². The first-order valence-corrected chi connectivity index (χ1v) is 11.4. The Morgan fingerprint density at radius 2 is 0.889 bits per heavy atom. The van der Waals surface area contributed by atoms with Gasteiger partial charge < -0.3 is 0 Å². The van der Waals surface area contributed by atoms with E-state index in [1.165, 1.54) is 0 Å². The molecule has 0 amide bonds. The van der Waals surface area contributed by atoms with Crippen LogP contribution < -0.4 is 0 Å². The fourth-order valence-electron chi connectivity index (χ4n) is 0.0896. The lowest BCUT2D eigenvalue weighted by Gasteiger charge is -1.92. The van der Waals surface area contributed by atoms with Crippen molar-refractivity contribution in [3.8, 4) is 0 Å². The maximum absolute atomic E-state index is 2.09. The number of hydrogen-bond donors (Lipinski definition) is 0. The van der Waals surface area contributed by atoms with E-state index >= 15 is 0 Å². The largest absolute Gasteiger partial charge is 0.0851 e. The summed E-state index contributed by atoms with van der Waals surface area (Å²) in [6, 6.07) is 0. The average molecular weight is 255 g/mol. The van der Waals surface area contributed by atoms with Crippen LogP contribution in [0.15, 0.2) is 0 Å². The normalized spacial score (nSPS) is 10.0. The summed E-state index contributed by atoms with van der Waals surface area (Å²) in [4.78, 5) is 0. The van der Waals surface area contributed by atoms with Crippen molar-refractivity contribution < 1.29 is 0 Å². The Balaban J connectivity index is 2.60. The van der Waals surface area contributed by atoms with Gasteiger partial charge in [-0.25, -0.2) is 0 Å². The topological polar surface area (TPSA) is 0 Å². The van der Waals surface area contributed by atoms with Gasteiger partial charge in [-0.1, -0.05) is 21.6 Å². The summed E-state index contributed by atoms with van der Waals surface area (Å²) in [5.41, 5.74) is 0. The molecule has 0 aliphatic carbocycles. The number of rotatable bonds is 6. The summed E-state index contributed by atoms with van der Waals surface area (Å²) in [5, 5.41) is 0. The van der Waals surface area contributed by atoms with Gasteiger partial charge >= 0.3 is 0 Å². The molecular weight excluding hydrogens is 248 g/mol. The summed E-state index contributed by atoms with van der Waals surface area (Å²) < 4.78 is 0. The molecule has 0 saturated carbocycles. The third-order valence-corrected chi connectivity index (χ3v) is 12.7. The van der Waals surface area contributed by atoms with Crippen molar-refractivity contribution in [1.29, 1.82) is 0 Å². The molecular formula is C2H6S7. The van der Waals surface area contributed by atoms with Crippen molar-refractivity contribution in [2.24, 2.45) is 0 Å². The fourth-order valence-corrected chi connectivity index (χ4v) is 12.8. The van der Waals surface area contributed by atoms with Crippen LogP contribution in [0.25, 0.3) is 0 Å². The zero-order chi connectivity index (χ0) is 6.95. The second-order valence-electron chi connectivity index (χ2n) is 0.674. The van der Waals surface area contributed by atoms with Gasteiger partial charge in [-0.05, 0) is 61.6 Å². The van der Waals surface area contributed by atoms with Gasteiger partial charge in [0.25, 0.3) is 0 Å². The molecule has 0 nitrogen and oxygen atoms in total. The summed E-state index contributed by atoms with van der Waals surface area (Å²) >= 11 is 0. The highest BCUT2D eigenvalue weighted by Gasteiger charge is 1.89. The molecule has 0 heterocycles. The van der Waals surface area contributed by atoms with Crippen molar-refractivity contribution in [2.75, 3.05) is 12.5 Å². The van der Waals surface area contributed by atoms with Crippen LogP contribution >= 0.6 is 70.7 Å². The Kier molecular flexibility index (Phi) is 13.3. The summed E-state index contributed by atoms with van der Waals surface area (Å²) in [6.07, 6.45) is 4.18. The molecule has 0 N–H and O–H groups in total. The molecule has 0 spiro atoms. The van der Waals surface area contributed by atoms with Crippen molar-refractivity contribution >= 4 is 70.7 Å². The lowest BCUT2D eigenvalue weighted by molar-refractivity contribution is 2.55. The van der Waals surface area contributed by atoms with Gasteiger partial charge in [0.2, 0.25) is 0 Å². The highest BCUT2D eigenvalue weighted by atomic mass is 33.9. The monoisotopic (exact) mass is 254 g/mol. The minimum absolute atomic E-state index is 1.79. The molecule has 0 aliphatic rings. The van der Waals surface area contributed by atoms with Gasteiger partial charge in [-0.15, -0.1) is 0 Å². The lowest BCUT2D eigenvalue weighted by Crippen LogP contribution is -1.32. The second-order valence-corrected chi connectivity index (χ2v) is 12.2. The third kappa shape index (κ3) is 10.4. The van der Waals surface area contributed by atoms with E-state index in [1.54, 1.807) is 21.6 Å². The highest BCUT2D eigenvalue weighted by Crippen LogP contribution is 2.53. The molecule has 0 rings (SSSR count). The van der Waals surface area contributed by atoms with Gasteiger partial charge in [0, 0.05) is 0 Å². The number of hydrogen-bond acceptors (Lipinski definition) is 7. The van der Waals surface area contributed by atoms with Gasteiger partial charge in [0.15, 0.2) is 0 Å². The first-order chi connectivity index (χ1) is 4.41. The molecule has 9 heavy (non-hydrogen) atoms. The Morgan fingerprint density at radius 1 is 0.556 bits per heavy atom. The molecule has 0 aromatic heterocycles. The summed E-state index contributed by atoms with van der Waals surface area (Å²) in [6.45, 7) is 0. The third-order valence-electron chi connectivity index (χ3n) is 0.247. The first-order valence-electron chi connectivity index (χ1n) is 1.82. The maximum atomic E-state index is 2.09. The van der Waals surface area contributed by atoms with Crippen LogP contribution in [-0.2, 0) is 0 Å². The van der Waals surface area contributed by atoms with Crippen LogP contribution in [0.5, 0.6) is 0 Å². The Labute approximate surface area is 82.4 Å². The van der Waals surface area contributed by atoms with Crippen LogP contribution in [-0.4, -0.2) is 12.5 Å². The smallest absolute Gasteiger partial charge is 0.0000547 e. The molecule has 0 saturated heterocycles. The molecule has 0 aliphatic heterocycles. The zero-order valence-electron chi connectivity index (χ0n) is 4.86. The van der Waals surface area contributed by atoms with Crippen molar-refractivity contribution in [1.82, 2.24) is 0 Å². The second kappa shape index (κ2) is 10.4. The van der Waals surface area contributed by atoms with Crippen LogP contribution in [0.2, 0.25) is 0 Å². The molecule has 0 unspecified atom stereocenters. The molecule has 0 aromatic carbocycles. The minimum atomic E-state index is 1.79. The quantitative estimate of drug-likeness (QED) is 0.483. The molecule has 0 bridgehead atoms. The molecule has 0 aromatic rings. The SMILES string of the molecule is CSSSSSSSC. The first kappa shape index (κ1) is 11.4. The highest BCUT2D eigenvalue weighted by molar-refractivity contribution is 9.45. The minimum Gasteiger partial charge on any atom is -0.0851 e. The predicted molar refractivity (Wildman–Crippen MR) is 65.0 cm³/mol. The van der Waals surface area contributed by atoms with Crippen LogP contribution in [0.3, 0.4) is 0 Å². The van der Waals surface area contributed by atoms with E-state index < -0.39 is 0 Å². The predicted octanol–water partition coefficient (Wildman–Crippen LogP) is 4.87. The van der Waals surface area contributed by atoms with Gasteiger partial charge in [-0.2, -0.15) is 0 Å². The average Bonchev–Trinajstić information content (AvgIpc) is 1.89. The molecule has 56 valence electrons. The Bertz CT molecular complexity index is 40.2. The molecule has 7 heteroatoms. The van der Waals surface area contributed by atoms with Gasteiger partial charge in [0.05, 0.1) is 0 Å². The fraction of sp³-hybridized carbons (Fsp3) is 1.00. The van der Waals surface area contributed by atoms with E-state index in [9.17, 15) is 0 Å². The Morgan fingerprint density at radius 3 is 1.22 bits per heavy atom. The van der Waals surface area contributed by atoms with Crippen LogP contribution in [0.4, 0.5) is 0 Å². The van der Waals surface area contributed by atoms with E-state index in [1.807, 2.05) is 49.1 Å². The van der Waals surface area contributed by atoms with Gasteiger partial charge in [-0.3, -0.25) is 0 Å². The van der Waals surface area contributed by atoms with Crippen LogP contribution in [0.1, 0.15) is 0 Å². The van der Waals surface area contributed by atoms with E-state index in [0.717, 1.165) is 0 Å². The van der Waals surface area contributed by atoms with Crippen molar-refractivity contribution in [3.05, 3.63) is 0 Å². The van der Waals surface area contributed by atoms with E-state index in [4.69, 9.17) is 0 Å². The molecule has 0 fully saturated rings. The van der Waals surface area contributed by atoms with E-state index in [2.05, 4.69) is 12.5 Å². The standard InChI is InChI=1S/C2H6S7/c1-3-5-7-9-8-6-4-2/h1-2H3. The molecule has 0 radical (unpaired) electrons. The lowest BCUT2D eigenvalue weighted by atomic mass is 12.0. The van der Waals surface area contributed by atoms with E-state index in [-0.39, 0.29) is 0 Å². The van der Waals surface area contributed by atoms with Crippen molar-refractivity contribution in [2.45, 2.75) is 0 Å². The zero-order valence-corrected chi connectivity index (χ0v) is 10.6. The summed E-state index contributed by atoms with van der Waals surface area (Å²) in [5.74, 6) is 0. The maximum Gasteiger partial charge on any atom is -0.0000547 e. The Hall–Kier alpha value is 2.45. The van der Waals surface area contributed by atoms with Gasteiger partial charge in [0.1, 0.15) is 0 Å². The van der Waals surface area contributed by atoms with E-state index in [0.29, 0.717) is 0 Å².